The molecule has 0 aromatic rings. The summed E-state index contributed by atoms with van der Waals surface area (Å²) in [4.78, 5) is 0. The topological polar surface area (TPSA) is 13.1 Å². The van der Waals surface area contributed by atoms with Crippen molar-refractivity contribution in [3.05, 3.63) is 35.7 Å². The van der Waals surface area contributed by atoms with E-state index in [0.29, 0.717) is 5.22 Å². The zero-order chi connectivity index (χ0) is 6.97. The highest BCUT2D eigenvalue weighted by Crippen LogP contribution is 2.29. The van der Waals surface area contributed by atoms with Gasteiger partial charge in [0.2, 0.25) is 5.22 Å². The van der Waals surface area contributed by atoms with E-state index < -0.39 is 0 Å². The van der Waals surface area contributed by atoms with Gasteiger partial charge >= 0.3 is 0 Å². The molecule has 0 saturated heterocycles. The Kier molecular flexibility index (Phi) is 1.18. The van der Waals surface area contributed by atoms with E-state index in [-0.39, 0.29) is 0 Å². The monoisotopic (exact) mass is 152 g/mol. The summed E-state index contributed by atoms with van der Waals surface area (Å²) in [5.41, 5.74) is 2.10. The molecule has 0 aromatic heterocycles. The number of hydrogen-bond donors (Lipinski definition) is 0. The van der Waals surface area contributed by atoms with Crippen LogP contribution in [0, 0.1) is 0 Å². The average molecular weight is 153 g/mol. The van der Waals surface area contributed by atoms with Gasteiger partial charge in [0.1, 0.15) is 0 Å². The van der Waals surface area contributed by atoms with Crippen LogP contribution in [-0.2, 0) is 0 Å². The number of rotatable bonds is 0. The van der Waals surface area contributed by atoms with E-state index in [0.717, 1.165) is 11.1 Å². The maximum absolute atomic E-state index is 5.73. The van der Waals surface area contributed by atoms with Crippen LogP contribution in [0.25, 0.3) is 11.1 Å². The Balaban J connectivity index is 2.80. The molecule has 1 aliphatic carbocycles. The maximum atomic E-state index is 5.73. The third-order valence-corrected chi connectivity index (χ3v) is 1.77. The lowest BCUT2D eigenvalue weighted by molar-refractivity contribution is 0.554. The second-order valence-corrected chi connectivity index (χ2v) is 2.43. The number of fused-ring (bicyclic) bond motifs is 1. The second kappa shape index (κ2) is 2.03. The molecule has 0 unspecified atom stereocenters. The molecule has 10 heavy (non-hydrogen) atoms. The van der Waals surface area contributed by atoms with Crippen molar-refractivity contribution >= 4 is 11.6 Å². The molecule has 1 nitrogen and oxygen atoms in total. The van der Waals surface area contributed by atoms with E-state index >= 15 is 0 Å². The van der Waals surface area contributed by atoms with Crippen LogP contribution in [0.1, 0.15) is 0 Å². The van der Waals surface area contributed by atoms with Crippen LogP contribution in [0.15, 0.2) is 34.9 Å². The predicted molar refractivity (Wildman–Crippen MR) is 40.3 cm³/mol. The molecule has 0 fully saturated rings. The van der Waals surface area contributed by atoms with Crippen molar-refractivity contribution in [2.75, 3.05) is 0 Å². The summed E-state index contributed by atoms with van der Waals surface area (Å²) < 4.78 is 4.96. The van der Waals surface area contributed by atoms with E-state index in [1.165, 1.54) is 0 Å². The number of halogens is 1. The van der Waals surface area contributed by atoms with Crippen molar-refractivity contribution in [2.45, 2.75) is 0 Å². The Morgan fingerprint density at radius 1 is 1.20 bits per heavy atom. The van der Waals surface area contributed by atoms with Crippen LogP contribution >= 0.6 is 11.6 Å². The molecule has 2 rings (SSSR count). The first-order valence-corrected chi connectivity index (χ1v) is 3.37. The molecule has 1 aliphatic heterocycles. The van der Waals surface area contributed by atoms with Gasteiger partial charge in [-0.05, 0) is 29.3 Å². The highest BCUT2D eigenvalue weighted by Gasteiger charge is 2.05. The summed E-state index contributed by atoms with van der Waals surface area (Å²) in [6, 6.07) is 7.77. The minimum atomic E-state index is 0.461. The molecule has 2 heteroatoms. The van der Waals surface area contributed by atoms with Gasteiger partial charge in [-0.15, -0.1) is 0 Å². The molecular formula is C8H5ClO. The lowest BCUT2D eigenvalue weighted by Gasteiger charge is -1.97. The standard InChI is InChI=1S/C8H5ClO/c9-8-7-3-1-2-6(7)4-5-10-8/h1-5H. The van der Waals surface area contributed by atoms with Crippen LogP contribution < -0.4 is 0 Å². The summed E-state index contributed by atoms with van der Waals surface area (Å²) in [6.45, 7) is 0. The highest BCUT2D eigenvalue weighted by atomic mass is 35.5. The molecule has 0 atom stereocenters. The van der Waals surface area contributed by atoms with Gasteiger partial charge in [-0.2, -0.15) is 0 Å². The Hall–Kier alpha value is -0.950. The van der Waals surface area contributed by atoms with Gasteiger partial charge in [0, 0.05) is 5.56 Å². The van der Waals surface area contributed by atoms with Crippen molar-refractivity contribution in [3.63, 3.8) is 0 Å². The molecule has 50 valence electrons. The van der Waals surface area contributed by atoms with Crippen molar-refractivity contribution in [1.29, 1.82) is 0 Å². The summed E-state index contributed by atoms with van der Waals surface area (Å²) in [6.07, 6.45) is 1.59. The predicted octanol–water partition coefficient (Wildman–Crippen LogP) is 3.04. The lowest BCUT2D eigenvalue weighted by atomic mass is 10.2. The molecule has 0 amide bonds. The maximum Gasteiger partial charge on any atom is 0.200 e. The first-order valence-electron chi connectivity index (χ1n) is 2.99. The third-order valence-electron chi connectivity index (χ3n) is 1.48. The number of hydrogen-bond acceptors (Lipinski definition) is 1. The fourth-order valence-electron chi connectivity index (χ4n) is 0.989. The Bertz CT molecular complexity index is 313. The molecule has 0 spiro atoms. The van der Waals surface area contributed by atoms with Gasteiger partial charge < -0.3 is 4.42 Å². The average Bonchev–Trinajstić information content (AvgIpc) is 2.36. The SMILES string of the molecule is Clc1occc2cccc1-2. The lowest BCUT2D eigenvalue weighted by Crippen LogP contribution is -1.71. The molecular weight excluding hydrogens is 148 g/mol. The first-order chi connectivity index (χ1) is 4.88. The molecule has 0 N–H and O–H groups in total. The summed E-state index contributed by atoms with van der Waals surface area (Å²) in [7, 11) is 0. The van der Waals surface area contributed by atoms with E-state index in [9.17, 15) is 0 Å². The molecule has 0 saturated carbocycles. The normalized spacial score (nSPS) is 10.5. The van der Waals surface area contributed by atoms with Crippen LogP contribution in [0.3, 0.4) is 0 Å². The van der Waals surface area contributed by atoms with Gasteiger partial charge in [-0.1, -0.05) is 12.1 Å². The van der Waals surface area contributed by atoms with Crippen LogP contribution in [0.2, 0.25) is 5.22 Å². The van der Waals surface area contributed by atoms with E-state index in [1.54, 1.807) is 6.26 Å². The van der Waals surface area contributed by atoms with Crippen LogP contribution in [0.5, 0.6) is 0 Å². The summed E-state index contributed by atoms with van der Waals surface area (Å²) in [5, 5.41) is 0.461. The molecule has 1 heterocycles. The van der Waals surface area contributed by atoms with E-state index in [2.05, 4.69) is 0 Å². The quantitative estimate of drug-likeness (QED) is 0.566. The molecule has 2 aliphatic rings. The zero-order valence-corrected chi connectivity index (χ0v) is 5.93. The largest absolute Gasteiger partial charge is 0.452 e. The fraction of sp³-hybridized carbons (Fsp3) is 0. The van der Waals surface area contributed by atoms with E-state index in [1.807, 2.05) is 24.3 Å². The van der Waals surface area contributed by atoms with Gasteiger partial charge in [-0.3, -0.25) is 0 Å². The van der Waals surface area contributed by atoms with Gasteiger partial charge in [0.15, 0.2) is 0 Å². The Morgan fingerprint density at radius 2 is 2.10 bits per heavy atom. The minimum absolute atomic E-state index is 0.461. The summed E-state index contributed by atoms with van der Waals surface area (Å²) >= 11 is 5.73. The first kappa shape index (κ1) is 5.81. The van der Waals surface area contributed by atoms with Gasteiger partial charge in [0.25, 0.3) is 0 Å². The zero-order valence-electron chi connectivity index (χ0n) is 5.17. The highest BCUT2D eigenvalue weighted by molar-refractivity contribution is 6.31. The molecule has 0 radical (unpaired) electrons. The van der Waals surface area contributed by atoms with E-state index in [4.69, 9.17) is 16.0 Å². The van der Waals surface area contributed by atoms with Crippen molar-refractivity contribution < 1.29 is 4.42 Å². The second-order valence-electron chi connectivity index (χ2n) is 2.09. The van der Waals surface area contributed by atoms with Gasteiger partial charge in [0.05, 0.1) is 6.26 Å². The fourth-order valence-corrected chi connectivity index (χ4v) is 1.21. The molecule has 0 aromatic carbocycles. The summed E-state index contributed by atoms with van der Waals surface area (Å²) in [5.74, 6) is 0. The van der Waals surface area contributed by atoms with Gasteiger partial charge in [-0.25, -0.2) is 0 Å². The smallest absolute Gasteiger partial charge is 0.200 e. The van der Waals surface area contributed by atoms with Crippen LogP contribution in [-0.4, -0.2) is 0 Å². The Morgan fingerprint density at radius 3 is 2.90 bits per heavy atom. The minimum Gasteiger partial charge on any atom is -0.452 e. The Labute approximate surface area is 63.6 Å². The van der Waals surface area contributed by atoms with Crippen molar-refractivity contribution in [2.24, 2.45) is 0 Å². The van der Waals surface area contributed by atoms with Crippen LogP contribution in [0.4, 0.5) is 0 Å². The third kappa shape index (κ3) is 0.711. The van der Waals surface area contributed by atoms with Crippen molar-refractivity contribution in [3.8, 4) is 11.1 Å². The van der Waals surface area contributed by atoms with Crippen molar-refractivity contribution in [1.82, 2.24) is 0 Å². The molecule has 0 bridgehead atoms.